The fourth-order valence-electron chi connectivity index (χ4n) is 2.56. The third kappa shape index (κ3) is 1.75. The van der Waals surface area contributed by atoms with Gasteiger partial charge in [-0.25, -0.2) is 0 Å². The average molecular weight is 183 g/mol. The molecule has 76 valence electrons. The molecule has 2 heteroatoms. The maximum Gasteiger partial charge on any atom is 0.0835 e. The highest BCUT2D eigenvalue weighted by atomic mass is 16.5. The normalized spacial score (nSPS) is 32.1. The predicted molar refractivity (Wildman–Crippen MR) is 53.8 cm³/mol. The zero-order valence-electron chi connectivity index (χ0n) is 8.81. The van der Waals surface area contributed by atoms with Gasteiger partial charge in [0, 0.05) is 12.6 Å². The zero-order valence-corrected chi connectivity index (χ0v) is 8.81. The van der Waals surface area contributed by atoms with Crippen molar-refractivity contribution in [3.63, 3.8) is 0 Å². The molecule has 0 aromatic rings. The van der Waals surface area contributed by atoms with Crippen LogP contribution in [-0.2, 0) is 4.74 Å². The molecule has 1 atom stereocenters. The Bertz CT molecular complexity index is 175. The van der Waals surface area contributed by atoms with Crippen LogP contribution in [0.15, 0.2) is 0 Å². The van der Waals surface area contributed by atoms with Gasteiger partial charge in [-0.15, -0.1) is 0 Å². The number of nitrogens with one attached hydrogen (secondary N) is 1. The molecule has 2 aliphatic rings. The summed E-state index contributed by atoms with van der Waals surface area (Å²) in [7, 11) is 0. The Hall–Kier alpha value is -0.0800. The number of rotatable bonds is 2. The van der Waals surface area contributed by atoms with E-state index in [1.807, 2.05) is 0 Å². The Kier molecular flexibility index (Phi) is 2.61. The van der Waals surface area contributed by atoms with Gasteiger partial charge in [0.1, 0.15) is 0 Å². The van der Waals surface area contributed by atoms with Crippen molar-refractivity contribution in [1.82, 2.24) is 5.32 Å². The molecule has 0 radical (unpaired) electrons. The molecule has 2 fully saturated rings. The molecule has 13 heavy (non-hydrogen) atoms. The van der Waals surface area contributed by atoms with Gasteiger partial charge in [0.2, 0.25) is 0 Å². The van der Waals surface area contributed by atoms with Gasteiger partial charge in [-0.2, -0.15) is 0 Å². The molecule has 0 aromatic heterocycles. The van der Waals surface area contributed by atoms with Crippen molar-refractivity contribution in [2.75, 3.05) is 13.2 Å². The fourth-order valence-corrected chi connectivity index (χ4v) is 2.56. The van der Waals surface area contributed by atoms with Gasteiger partial charge in [-0.1, -0.05) is 13.8 Å². The van der Waals surface area contributed by atoms with Crippen LogP contribution in [0.25, 0.3) is 0 Å². The van der Waals surface area contributed by atoms with Crippen LogP contribution in [0.1, 0.15) is 39.5 Å². The largest absolute Gasteiger partial charge is 0.372 e. The van der Waals surface area contributed by atoms with E-state index in [4.69, 9.17) is 4.74 Å². The van der Waals surface area contributed by atoms with E-state index in [2.05, 4.69) is 19.2 Å². The van der Waals surface area contributed by atoms with Crippen LogP contribution in [0.3, 0.4) is 0 Å². The van der Waals surface area contributed by atoms with Crippen LogP contribution in [-0.4, -0.2) is 24.8 Å². The smallest absolute Gasteiger partial charge is 0.0835 e. The van der Waals surface area contributed by atoms with E-state index in [1.54, 1.807) is 0 Å². The molecule has 2 nitrogen and oxygen atoms in total. The first-order valence-corrected chi connectivity index (χ1v) is 5.60. The number of hydrogen-bond acceptors (Lipinski definition) is 2. The van der Waals surface area contributed by atoms with Crippen molar-refractivity contribution in [3.8, 4) is 0 Å². The van der Waals surface area contributed by atoms with Crippen molar-refractivity contribution in [2.45, 2.75) is 51.2 Å². The summed E-state index contributed by atoms with van der Waals surface area (Å²) in [5.74, 6) is 0.775. The van der Waals surface area contributed by atoms with Crippen molar-refractivity contribution in [3.05, 3.63) is 0 Å². The van der Waals surface area contributed by atoms with Crippen molar-refractivity contribution >= 4 is 0 Å². The minimum absolute atomic E-state index is 0.239. The fraction of sp³-hybridized carbons (Fsp3) is 1.00. The lowest BCUT2D eigenvalue weighted by molar-refractivity contribution is -0.147. The molecule has 0 bridgehead atoms. The molecule has 0 amide bonds. The molecule has 1 aliphatic heterocycles. The van der Waals surface area contributed by atoms with E-state index in [0.29, 0.717) is 6.04 Å². The second kappa shape index (κ2) is 3.58. The van der Waals surface area contributed by atoms with E-state index in [-0.39, 0.29) is 5.60 Å². The van der Waals surface area contributed by atoms with Crippen molar-refractivity contribution in [1.29, 1.82) is 0 Å². The van der Waals surface area contributed by atoms with E-state index in [0.717, 1.165) is 19.1 Å². The molecule has 2 rings (SSSR count). The van der Waals surface area contributed by atoms with E-state index in [9.17, 15) is 0 Å². The third-order valence-corrected chi connectivity index (χ3v) is 3.42. The summed E-state index contributed by atoms with van der Waals surface area (Å²) in [4.78, 5) is 0. The van der Waals surface area contributed by atoms with Gasteiger partial charge in [-0.05, 0) is 31.6 Å². The molecular formula is C11H21NO. The summed E-state index contributed by atoms with van der Waals surface area (Å²) in [5, 5.41) is 3.62. The Labute approximate surface area is 81.0 Å². The molecule has 0 aromatic carbocycles. The second-order valence-corrected chi connectivity index (χ2v) is 4.90. The van der Waals surface area contributed by atoms with E-state index < -0.39 is 0 Å². The van der Waals surface area contributed by atoms with Crippen LogP contribution < -0.4 is 5.32 Å². The Morgan fingerprint density at radius 1 is 1.46 bits per heavy atom. The molecule has 1 spiro atoms. The molecule has 1 heterocycles. The van der Waals surface area contributed by atoms with Gasteiger partial charge in [0.05, 0.1) is 12.2 Å². The maximum atomic E-state index is 5.95. The number of morpholine rings is 1. The SMILES string of the molecule is CC(C)CC1NCCOC12CCC2. The summed E-state index contributed by atoms with van der Waals surface area (Å²) in [6.07, 6.45) is 5.17. The topological polar surface area (TPSA) is 21.3 Å². The standard InChI is InChI=1S/C11H21NO/c1-9(2)8-10-11(4-3-5-11)13-7-6-12-10/h9-10,12H,3-8H2,1-2H3. The second-order valence-electron chi connectivity index (χ2n) is 4.90. The highest BCUT2D eigenvalue weighted by molar-refractivity contribution is 5.01. The first-order chi connectivity index (χ1) is 6.23. The third-order valence-electron chi connectivity index (χ3n) is 3.42. The zero-order chi connectivity index (χ0) is 9.31. The van der Waals surface area contributed by atoms with Crippen LogP contribution in [0.2, 0.25) is 0 Å². The lowest BCUT2D eigenvalue weighted by Gasteiger charge is -2.51. The minimum atomic E-state index is 0.239. The van der Waals surface area contributed by atoms with E-state index >= 15 is 0 Å². The first-order valence-electron chi connectivity index (χ1n) is 5.60. The molecule has 1 saturated heterocycles. The number of hydrogen-bond donors (Lipinski definition) is 1. The summed E-state index contributed by atoms with van der Waals surface area (Å²) in [6.45, 7) is 6.54. The minimum Gasteiger partial charge on any atom is -0.372 e. The summed E-state index contributed by atoms with van der Waals surface area (Å²) < 4.78 is 5.95. The van der Waals surface area contributed by atoms with Crippen LogP contribution in [0, 0.1) is 5.92 Å². The first kappa shape index (κ1) is 9.47. The monoisotopic (exact) mass is 183 g/mol. The molecule has 1 aliphatic carbocycles. The lowest BCUT2D eigenvalue weighted by atomic mass is 9.71. The van der Waals surface area contributed by atoms with Gasteiger partial charge >= 0.3 is 0 Å². The summed E-state index contributed by atoms with van der Waals surface area (Å²) >= 11 is 0. The van der Waals surface area contributed by atoms with E-state index in [1.165, 1.54) is 25.7 Å². The van der Waals surface area contributed by atoms with Crippen LogP contribution >= 0.6 is 0 Å². The summed E-state index contributed by atoms with van der Waals surface area (Å²) in [6, 6.07) is 0.620. The van der Waals surface area contributed by atoms with Gasteiger partial charge < -0.3 is 10.1 Å². The Balaban J connectivity index is 1.97. The Morgan fingerprint density at radius 3 is 2.77 bits per heavy atom. The van der Waals surface area contributed by atoms with Crippen LogP contribution in [0.4, 0.5) is 0 Å². The molecule has 1 saturated carbocycles. The van der Waals surface area contributed by atoms with Crippen molar-refractivity contribution < 1.29 is 4.74 Å². The maximum absolute atomic E-state index is 5.95. The highest BCUT2D eigenvalue weighted by Crippen LogP contribution is 2.41. The van der Waals surface area contributed by atoms with Gasteiger partial charge in [0.15, 0.2) is 0 Å². The number of ether oxygens (including phenoxy) is 1. The van der Waals surface area contributed by atoms with Gasteiger partial charge in [-0.3, -0.25) is 0 Å². The van der Waals surface area contributed by atoms with Crippen LogP contribution in [0.5, 0.6) is 0 Å². The molecule has 1 N–H and O–H groups in total. The quantitative estimate of drug-likeness (QED) is 0.706. The molecular weight excluding hydrogens is 162 g/mol. The predicted octanol–water partition coefficient (Wildman–Crippen LogP) is 1.94. The highest BCUT2D eigenvalue weighted by Gasteiger charge is 2.46. The van der Waals surface area contributed by atoms with Crippen molar-refractivity contribution in [2.24, 2.45) is 5.92 Å². The van der Waals surface area contributed by atoms with Gasteiger partial charge in [0.25, 0.3) is 0 Å². The lowest BCUT2D eigenvalue weighted by Crippen LogP contribution is -2.61. The summed E-state index contributed by atoms with van der Waals surface area (Å²) in [5.41, 5.74) is 0.239. The Morgan fingerprint density at radius 2 is 2.23 bits per heavy atom. The molecule has 1 unspecified atom stereocenters. The average Bonchev–Trinajstić information content (AvgIpc) is 2.01.